The van der Waals surface area contributed by atoms with Gasteiger partial charge in [0.15, 0.2) is 0 Å². The Morgan fingerprint density at radius 1 is 1.32 bits per heavy atom. The van der Waals surface area contributed by atoms with Gasteiger partial charge >= 0.3 is 5.97 Å². The summed E-state index contributed by atoms with van der Waals surface area (Å²) >= 11 is 0. The quantitative estimate of drug-likeness (QED) is 0.827. The van der Waals surface area contributed by atoms with Crippen LogP contribution in [-0.2, 0) is 22.6 Å². The van der Waals surface area contributed by atoms with Crippen LogP contribution in [0.1, 0.15) is 37.0 Å². The lowest BCUT2D eigenvalue weighted by molar-refractivity contribution is -0.136. The fraction of sp³-hybridized carbons (Fsp3) is 0.467. The van der Waals surface area contributed by atoms with Crippen LogP contribution in [0, 0.1) is 12.8 Å². The smallest absolute Gasteiger partial charge is 0.307 e. The third-order valence-corrected chi connectivity index (χ3v) is 2.83. The Morgan fingerprint density at radius 3 is 2.53 bits per heavy atom. The Kier molecular flexibility index (Phi) is 5.55. The van der Waals surface area contributed by atoms with Crippen molar-refractivity contribution in [3.05, 3.63) is 34.9 Å². The van der Waals surface area contributed by atoms with Crippen LogP contribution in [0.25, 0.3) is 0 Å². The Morgan fingerprint density at radius 2 is 2.00 bits per heavy atom. The lowest BCUT2D eigenvalue weighted by atomic mass is 10.0. The van der Waals surface area contributed by atoms with Gasteiger partial charge in [-0.3, -0.25) is 9.59 Å². The Bertz CT molecular complexity index is 466. The molecule has 1 rings (SSSR count). The molecule has 1 aromatic rings. The molecule has 4 nitrogen and oxygen atoms in total. The van der Waals surface area contributed by atoms with E-state index in [1.165, 1.54) is 0 Å². The lowest BCUT2D eigenvalue weighted by Crippen LogP contribution is -2.24. The second-order valence-electron chi connectivity index (χ2n) is 5.21. The largest absolute Gasteiger partial charge is 0.481 e. The van der Waals surface area contributed by atoms with Crippen molar-refractivity contribution in [2.24, 2.45) is 5.92 Å². The summed E-state index contributed by atoms with van der Waals surface area (Å²) in [6, 6.07) is 5.60. The zero-order valence-electron chi connectivity index (χ0n) is 11.7. The first kappa shape index (κ1) is 15.2. The van der Waals surface area contributed by atoms with Crippen molar-refractivity contribution in [3.63, 3.8) is 0 Å². The second-order valence-corrected chi connectivity index (χ2v) is 5.21. The van der Waals surface area contributed by atoms with Crippen LogP contribution in [0.3, 0.4) is 0 Å². The van der Waals surface area contributed by atoms with Gasteiger partial charge < -0.3 is 10.4 Å². The number of carbonyl (C=O) groups is 2. The zero-order valence-corrected chi connectivity index (χ0v) is 11.7. The summed E-state index contributed by atoms with van der Waals surface area (Å²) in [5.74, 6) is -0.442. The maximum absolute atomic E-state index is 11.5. The molecule has 0 aromatic heterocycles. The molecule has 0 aliphatic heterocycles. The van der Waals surface area contributed by atoms with Gasteiger partial charge in [-0.2, -0.15) is 0 Å². The minimum Gasteiger partial charge on any atom is -0.481 e. The number of aliphatic carboxylic acids is 1. The van der Waals surface area contributed by atoms with Crippen LogP contribution >= 0.6 is 0 Å². The molecule has 0 spiro atoms. The minimum atomic E-state index is -0.832. The Balaban J connectivity index is 2.58. The Hall–Kier alpha value is -1.84. The molecule has 1 amide bonds. The van der Waals surface area contributed by atoms with E-state index in [1.807, 2.05) is 39.0 Å². The zero-order chi connectivity index (χ0) is 14.4. The highest BCUT2D eigenvalue weighted by Crippen LogP contribution is 2.12. The molecule has 0 aliphatic carbocycles. The maximum atomic E-state index is 11.5. The molecule has 19 heavy (non-hydrogen) atoms. The number of hydrogen-bond acceptors (Lipinski definition) is 2. The highest BCUT2D eigenvalue weighted by atomic mass is 16.4. The first-order valence-electron chi connectivity index (χ1n) is 6.45. The van der Waals surface area contributed by atoms with E-state index < -0.39 is 5.97 Å². The molecule has 4 heteroatoms. The van der Waals surface area contributed by atoms with Crippen molar-refractivity contribution < 1.29 is 14.7 Å². The number of carboxylic acid groups (broad SMARTS) is 1. The predicted molar refractivity (Wildman–Crippen MR) is 73.8 cm³/mol. The first-order chi connectivity index (χ1) is 8.88. The molecule has 0 bridgehead atoms. The number of benzene rings is 1. The summed E-state index contributed by atoms with van der Waals surface area (Å²) in [5.41, 5.74) is 2.74. The second kappa shape index (κ2) is 6.92. The third-order valence-electron chi connectivity index (χ3n) is 2.83. The van der Waals surface area contributed by atoms with Crippen molar-refractivity contribution in [1.29, 1.82) is 0 Å². The van der Waals surface area contributed by atoms with E-state index in [4.69, 9.17) is 5.11 Å². The van der Waals surface area contributed by atoms with E-state index in [2.05, 4.69) is 5.32 Å². The normalized spacial score (nSPS) is 10.5. The van der Waals surface area contributed by atoms with Crippen molar-refractivity contribution in [3.8, 4) is 0 Å². The van der Waals surface area contributed by atoms with E-state index in [0.717, 1.165) is 16.7 Å². The average Bonchev–Trinajstić information content (AvgIpc) is 2.28. The van der Waals surface area contributed by atoms with Gasteiger partial charge in [0.25, 0.3) is 0 Å². The fourth-order valence-electron chi connectivity index (χ4n) is 1.87. The van der Waals surface area contributed by atoms with Crippen molar-refractivity contribution in [2.75, 3.05) is 0 Å². The number of amides is 1. The van der Waals surface area contributed by atoms with E-state index >= 15 is 0 Å². The number of hydrogen-bond donors (Lipinski definition) is 2. The van der Waals surface area contributed by atoms with Crippen LogP contribution in [0.2, 0.25) is 0 Å². The highest BCUT2D eigenvalue weighted by Gasteiger charge is 2.07. The molecule has 2 N–H and O–H groups in total. The molecule has 0 saturated carbocycles. The van der Waals surface area contributed by atoms with Gasteiger partial charge in [0.2, 0.25) is 5.91 Å². The van der Waals surface area contributed by atoms with Gasteiger partial charge in [-0.1, -0.05) is 32.0 Å². The van der Waals surface area contributed by atoms with Crippen molar-refractivity contribution in [1.82, 2.24) is 5.32 Å². The predicted octanol–water partition coefficient (Wildman–Crippen LogP) is 2.28. The molecule has 0 unspecified atom stereocenters. The molecule has 0 radical (unpaired) electrons. The van der Waals surface area contributed by atoms with Gasteiger partial charge in [-0.15, -0.1) is 0 Å². The van der Waals surface area contributed by atoms with Crippen LogP contribution in [0.15, 0.2) is 18.2 Å². The molecular formula is C15H21NO3. The van der Waals surface area contributed by atoms with Gasteiger partial charge in [0.1, 0.15) is 0 Å². The van der Waals surface area contributed by atoms with Gasteiger partial charge in [0.05, 0.1) is 6.42 Å². The van der Waals surface area contributed by atoms with Gasteiger partial charge in [-0.05, 0) is 29.5 Å². The number of aryl methyl sites for hydroxylation is 1. The van der Waals surface area contributed by atoms with Crippen molar-refractivity contribution in [2.45, 2.75) is 40.2 Å². The number of rotatable bonds is 6. The molecular weight excluding hydrogens is 242 g/mol. The summed E-state index contributed by atoms with van der Waals surface area (Å²) in [6.07, 6.45) is 0.557. The Labute approximate surface area is 113 Å². The van der Waals surface area contributed by atoms with Crippen molar-refractivity contribution >= 4 is 11.9 Å². The van der Waals surface area contributed by atoms with E-state index in [-0.39, 0.29) is 12.3 Å². The molecule has 0 fully saturated rings. The summed E-state index contributed by atoms with van der Waals surface area (Å²) in [7, 11) is 0. The summed E-state index contributed by atoms with van der Waals surface area (Å²) in [6.45, 7) is 6.38. The average molecular weight is 263 g/mol. The topological polar surface area (TPSA) is 66.4 Å². The van der Waals surface area contributed by atoms with E-state index in [1.54, 1.807) is 0 Å². The molecule has 0 aliphatic rings. The summed E-state index contributed by atoms with van der Waals surface area (Å²) < 4.78 is 0. The molecule has 0 atom stereocenters. The fourth-order valence-corrected chi connectivity index (χ4v) is 1.87. The van der Waals surface area contributed by atoms with Gasteiger partial charge in [-0.25, -0.2) is 0 Å². The summed E-state index contributed by atoms with van der Waals surface area (Å²) in [5, 5.41) is 11.6. The maximum Gasteiger partial charge on any atom is 0.307 e. The van der Waals surface area contributed by atoms with Crippen LogP contribution in [0.5, 0.6) is 0 Å². The highest BCUT2D eigenvalue weighted by molar-refractivity contribution is 5.76. The lowest BCUT2D eigenvalue weighted by Gasteiger charge is -2.09. The van der Waals surface area contributed by atoms with Crippen LogP contribution in [0.4, 0.5) is 0 Å². The summed E-state index contributed by atoms with van der Waals surface area (Å²) in [4.78, 5) is 22.2. The first-order valence-corrected chi connectivity index (χ1v) is 6.45. The third kappa shape index (κ3) is 5.55. The minimum absolute atomic E-state index is 0.0336. The van der Waals surface area contributed by atoms with Crippen LogP contribution in [-0.4, -0.2) is 17.0 Å². The molecule has 1 aromatic carbocycles. The monoisotopic (exact) mass is 263 g/mol. The van der Waals surface area contributed by atoms with Gasteiger partial charge in [0, 0.05) is 13.0 Å². The number of carbonyl (C=O) groups excluding carboxylic acids is 1. The van der Waals surface area contributed by atoms with Crippen LogP contribution < -0.4 is 5.32 Å². The van der Waals surface area contributed by atoms with E-state index in [0.29, 0.717) is 18.9 Å². The molecule has 0 heterocycles. The number of carboxylic acids is 1. The molecule has 104 valence electrons. The standard InChI is InChI=1S/C15H21NO3/c1-10(2)6-14(17)16-9-12-4-5-13(8-15(18)19)11(3)7-12/h4-5,7,10H,6,8-9H2,1-3H3,(H,16,17)(H,18,19). The SMILES string of the molecule is Cc1cc(CNC(=O)CC(C)C)ccc1CC(=O)O. The molecule has 0 saturated heterocycles. The number of nitrogens with one attached hydrogen (secondary N) is 1. The van der Waals surface area contributed by atoms with E-state index in [9.17, 15) is 9.59 Å².